The second-order valence-electron chi connectivity index (χ2n) is 9.43. The molecule has 2 N–H and O–H groups in total. The average molecular weight is 418 g/mol. The highest BCUT2D eigenvalue weighted by Gasteiger charge is 2.44. The summed E-state index contributed by atoms with van der Waals surface area (Å²) in [7, 11) is 0. The quantitative estimate of drug-likeness (QED) is 0.414. The van der Waals surface area contributed by atoms with E-state index in [1.807, 2.05) is 12.1 Å². The number of hydrogen-bond acceptors (Lipinski definition) is 2. The summed E-state index contributed by atoms with van der Waals surface area (Å²) in [5.41, 5.74) is 9.55. The summed E-state index contributed by atoms with van der Waals surface area (Å²) in [6, 6.07) is 25.9. The van der Waals surface area contributed by atoms with Crippen molar-refractivity contribution in [3.05, 3.63) is 112 Å². The number of nitrogens with one attached hydrogen (secondary N) is 1. The average Bonchev–Trinajstić information content (AvgIpc) is 3.42. The molecule has 3 nitrogen and oxygen atoms in total. The van der Waals surface area contributed by atoms with Gasteiger partial charge in [0.25, 0.3) is 0 Å². The van der Waals surface area contributed by atoms with Gasteiger partial charge in [0.1, 0.15) is 0 Å². The highest BCUT2D eigenvalue weighted by atomic mass is 16.4. The van der Waals surface area contributed by atoms with Gasteiger partial charge in [0.2, 0.25) is 0 Å². The fourth-order valence-electron chi connectivity index (χ4n) is 6.54. The van der Waals surface area contributed by atoms with E-state index in [0.29, 0.717) is 11.5 Å². The molecule has 0 saturated carbocycles. The van der Waals surface area contributed by atoms with Gasteiger partial charge in [-0.05, 0) is 87.5 Å². The van der Waals surface area contributed by atoms with Crippen molar-refractivity contribution in [2.45, 2.75) is 31.2 Å². The number of aryl methyl sites for hydroxylation is 2. The Hall–Kier alpha value is -3.59. The Labute approximate surface area is 186 Å². The molecule has 1 heterocycles. The van der Waals surface area contributed by atoms with Gasteiger partial charge in [-0.15, -0.1) is 0 Å². The van der Waals surface area contributed by atoms with Gasteiger partial charge in [-0.3, -0.25) is 0 Å². The summed E-state index contributed by atoms with van der Waals surface area (Å²) in [6.45, 7) is 0. The predicted octanol–water partition coefficient (Wildman–Crippen LogP) is 6.11. The van der Waals surface area contributed by atoms with E-state index in [2.05, 4.69) is 59.9 Å². The molecule has 0 amide bonds. The minimum absolute atomic E-state index is 0.181. The van der Waals surface area contributed by atoms with Crippen LogP contribution < -0.4 is 5.32 Å². The van der Waals surface area contributed by atoms with Gasteiger partial charge < -0.3 is 10.4 Å². The Morgan fingerprint density at radius 1 is 0.812 bits per heavy atom. The second kappa shape index (κ2) is 6.46. The first kappa shape index (κ1) is 18.0. The van der Waals surface area contributed by atoms with E-state index in [-0.39, 0.29) is 12.0 Å². The maximum absolute atomic E-state index is 11.7. The van der Waals surface area contributed by atoms with Crippen molar-refractivity contribution in [1.29, 1.82) is 0 Å². The molecule has 0 saturated heterocycles. The lowest BCUT2D eigenvalue weighted by Gasteiger charge is -2.38. The van der Waals surface area contributed by atoms with Gasteiger partial charge in [0.05, 0.1) is 11.6 Å². The minimum Gasteiger partial charge on any atom is -0.478 e. The SMILES string of the molecule is O=C(O)c1ccc2c(c1)[C@@H]1c3ccccc3C[C@@H]1[C@H](c1ccc3c4c(cccc14)CC3)N2. The Balaban J connectivity index is 1.45. The van der Waals surface area contributed by atoms with E-state index in [4.69, 9.17) is 0 Å². The monoisotopic (exact) mass is 417 g/mol. The summed E-state index contributed by atoms with van der Waals surface area (Å²) >= 11 is 0. The molecular weight excluding hydrogens is 394 g/mol. The van der Waals surface area contributed by atoms with Crippen LogP contribution in [-0.4, -0.2) is 11.1 Å². The van der Waals surface area contributed by atoms with E-state index in [1.165, 1.54) is 38.6 Å². The van der Waals surface area contributed by atoms with Crippen molar-refractivity contribution in [1.82, 2.24) is 0 Å². The van der Waals surface area contributed by atoms with Crippen LogP contribution in [-0.2, 0) is 19.3 Å². The van der Waals surface area contributed by atoms with Crippen molar-refractivity contribution in [3.8, 4) is 0 Å². The third-order valence-electron chi connectivity index (χ3n) is 7.89. The fraction of sp³-hybridized carbons (Fsp3) is 0.207. The van der Waals surface area contributed by atoms with Gasteiger partial charge in [-0.25, -0.2) is 4.79 Å². The molecule has 7 rings (SSSR count). The van der Waals surface area contributed by atoms with Crippen molar-refractivity contribution in [2.24, 2.45) is 5.92 Å². The van der Waals surface area contributed by atoms with Gasteiger partial charge in [0.15, 0.2) is 0 Å². The molecular formula is C29H23NO2. The number of hydrogen-bond donors (Lipinski definition) is 2. The van der Waals surface area contributed by atoms with Gasteiger partial charge in [-0.1, -0.05) is 54.6 Å². The van der Waals surface area contributed by atoms with Crippen LogP contribution in [0.25, 0.3) is 10.8 Å². The molecule has 0 unspecified atom stereocenters. The van der Waals surface area contributed by atoms with Crippen LogP contribution in [0.2, 0.25) is 0 Å². The standard InChI is InChI=1S/C29H23NO2/c31-29(32)19-11-13-25-23(15-19)27-20-6-2-1-4-18(20)14-24(27)28(30-25)22-12-10-17-9-8-16-5-3-7-21(22)26(16)17/h1-7,10-13,15,24,27-28,30H,8-9,14H2,(H,31,32)/t24-,27-,28-/m0/s1. The first-order valence-electron chi connectivity index (χ1n) is 11.4. The number of rotatable bonds is 2. The highest BCUT2D eigenvalue weighted by molar-refractivity contribution is 5.94. The molecule has 3 aliphatic rings. The summed E-state index contributed by atoms with van der Waals surface area (Å²) in [5, 5.41) is 16.3. The molecule has 1 aliphatic heterocycles. The molecule has 3 heteroatoms. The lowest BCUT2D eigenvalue weighted by atomic mass is 9.74. The Morgan fingerprint density at radius 2 is 1.62 bits per heavy atom. The maximum Gasteiger partial charge on any atom is 0.335 e. The van der Waals surface area contributed by atoms with Gasteiger partial charge >= 0.3 is 5.97 Å². The maximum atomic E-state index is 11.7. The zero-order chi connectivity index (χ0) is 21.4. The van der Waals surface area contributed by atoms with Crippen molar-refractivity contribution >= 4 is 22.4 Å². The zero-order valence-corrected chi connectivity index (χ0v) is 17.6. The third-order valence-corrected chi connectivity index (χ3v) is 7.89. The van der Waals surface area contributed by atoms with E-state index < -0.39 is 5.97 Å². The first-order chi connectivity index (χ1) is 15.7. The van der Waals surface area contributed by atoms with Crippen LogP contribution in [0.3, 0.4) is 0 Å². The summed E-state index contributed by atoms with van der Waals surface area (Å²) in [6.07, 6.45) is 3.26. The van der Waals surface area contributed by atoms with E-state index in [1.54, 1.807) is 6.07 Å². The molecule has 0 radical (unpaired) electrons. The summed E-state index contributed by atoms with van der Waals surface area (Å²) in [5.74, 6) is -0.317. The molecule has 2 aliphatic carbocycles. The van der Waals surface area contributed by atoms with Crippen LogP contribution in [0.1, 0.15) is 55.7 Å². The largest absolute Gasteiger partial charge is 0.478 e. The summed E-state index contributed by atoms with van der Waals surface area (Å²) < 4.78 is 0. The topological polar surface area (TPSA) is 49.3 Å². The van der Waals surface area contributed by atoms with Crippen molar-refractivity contribution in [2.75, 3.05) is 5.32 Å². The lowest BCUT2D eigenvalue weighted by molar-refractivity contribution is 0.0696. The summed E-state index contributed by atoms with van der Waals surface area (Å²) in [4.78, 5) is 11.7. The van der Waals surface area contributed by atoms with E-state index in [9.17, 15) is 9.90 Å². The predicted molar refractivity (Wildman–Crippen MR) is 127 cm³/mol. The number of carbonyl (C=O) groups is 1. The van der Waals surface area contributed by atoms with E-state index in [0.717, 1.165) is 30.5 Å². The number of benzene rings is 4. The number of anilines is 1. The molecule has 156 valence electrons. The molecule has 4 aromatic rings. The van der Waals surface area contributed by atoms with Crippen LogP contribution in [0.4, 0.5) is 5.69 Å². The Bertz CT molecular complexity index is 1430. The highest BCUT2D eigenvalue weighted by Crippen LogP contribution is 2.55. The number of fused-ring (bicyclic) bond motifs is 5. The minimum atomic E-state index is -0.870. The molecule has 0 bridgehead atoms. The van der Waals surface area contributed by atoms with Gasteiger partial charge in [-0.2, -0.15) is 0 Å². The van der Waals surface area contributed by atoms with Crippen LogP contribution in [0.5, 0.6) is 0 Å². The van der Waals surface area contributed by atoms with Gasteiger partial charge in [0, 0.05) is 11.6 Å². The van der Waals surface area contributed by atoms with Crippen LogP contribution in [0.15, 0.2) is 72.8 Å². The molecule has 3 atom stereocenters. The molecule has 32 heavy (non-hydrogen) atoms. The van der Waals surface area contributed by atoms with Crippen molar-refractivity contribution < 1.29 is 9.90 Å². The molecule has 4 aromatic carbocycles. The zero-order valence-electron chi connectivity index (χ0n) is 17.6. The number of carboxylic acids is 1. The van der Waals surface area contributed by atoms with E-state index >= 15 is 0 Å². The van der Waals surface area contributed by atoms with Crippen LogP contribution in [0, 0.1) is 5.92 Å². The molecule has 0 aromatic heterocycles. The molecule has 0 fully saturated rings. The normalized spacial score (nSPS) is 22.2. The molecule has 0 spiro atoms. The third kappa shape index (κ3) is 2.39. The Kier molecular flexibility index (Phi) is 3.64. The van der Waals surface area contributed by atoms with Crippen LogP contribution >= 0.6 is 0 Å². The smallest absolute Gasteiger partial charge is 0.335 e. The fourth-order valence-corrected chi connectivity index (χ4v) is 6.54. The lowest BCUT2D eigenvalue weighted by Crippen LogP contribution is -2.30. The second-order valence-corrected chi connectivity index (χ2v) is 9.43. The Morgan fingerprint density at radius 3 is 2.50 bits per heavy atom. The van der Waals surface area contributed by atoms with Crippen molar-refractivity contribution in [3.63, 3.8) is 0 Å². The first-order valence-corrected chi connectivity index (χ1v) is 11.4. The number of aromatic carboxylic acids is 1. The number of carboxylic acid groups (broad SMARTS) is 1.